The standard InChI is InChI=1S/C26H33N7O4/c1-16-14-33(15-17(2)37-16)25-29-20-13-27-31-24(36)22(20)23(30-25)28-18-4-6-19(7-5-18)32-10-8-26(3,9-11-32)12-21(34)35/h4-7,13,16-17H,8-12,14-15H2,1-3H3,(H,31,36)(H,34,35)(H,28,29,30). The predicted molar refractivity (Wildman–Crippen MR) is 142 cm³/mol. The molecule has 2 aromatic heterocycles. The molecule has 0 amide bonds. The van der Waals surface area contributed by atoms with Gasteiger partial charge >= 0.3 is 5.97 Å². The lowest BCUT2D eigenvalue weighted by atomic mass is 9.77. The highest BCUT2D eigenvalue weighted by molar-refractivity contribution is 5.90. The third kappa shape index (κ3) is 5.51. The third-order valence-corrected chi connectivity index (χ3v) is 7.25. The molecule has 3 N–H and O–H groups in total. The monoisotopic (exact) mass is 507 g/mol. The highest BCUT2D eigenvalue weighted by Crippen LogP contribution is 2.36. The summed E-state index contributed by atoms with van der Waals surface area (Å²) in [6.45, 7) is 9.03. The molecular formula is C26H33N7O4. The average Bonchev–Trinajstić information content (AvgIpc) is 2.84. The molecule has 0 radical (unpaired) electrons. The number of benzene rings is 1. The second-order valence-electron chi connectivity index (χ2n) is 10.5. The Hall–Kier alpha value is -3.73. The van der Waals surface area contributed by atoms with Crippen LogP contribution in [0.25, 0.3) is 10.9 Å². The normalized spacial score (nSPS) is 21.7. The predicted octanol–water partition coefficient (Wildman–Crippen LogP) is 3.15. The van der Waals surface area contributed by atoms with Crippen LogP contribution < -0.4 is 20.7 Å². The minimum Gasteiger partial charge on any atom is -0.481 e. The number of rotatable bonds is 6. The number of ether oxygens (including phenoxy) is 1. The zero-order chi connectivity index (χ0) is 26.2. The second kappa shape index (κ2) is 9.97. The van der Waals surface area contributed by atoms with Gasteiger partial charge in [-0.1, -0.05) is 6.92 Å². The lowest BCUT2D eigenvalue weighted by Gasteiger charge is -2.39. The van der Waals surface area contributed by atoms with Gasteiger partial charge in [0, 0.05) is 37.6 Å². The van der Waals surface area contributed by atoms with E-state index in [2.05, 4.69) is 37.2 Å². The SMILES string of the molecule is CC1CN(c2nc(Nc3ccc(N4CCC(C)(CC(=O)O)CC4)cc3)c3c(=O)[nH]ncc3n2)CC(C)O1. The number of hydrogen-bond donors (Lipinski definition) is 3. The molecule has 0 saturated carbocycles. The third-order valence-electron chi connectivity index (χ3n) is 7.25. The Morgan fingerprint density at radius 1 is 1.14 bits per heavy atom. The molecule has 37 heavy (non-hydrogen) atoms. The quantitative estimate of drug-likeness (QED) is 0.456. The van der Waals surface area contributed by atoms with E-state index in [1.54, 1.807) is 0 Å². The van der Waals surface area contributed by atoms with E-state index in [4.69, 9.17) is 9.72 Å². The second-order valence-corrected chi connectivity index (χ2v) is 10.5. The number of H-pyrrole nitrogens is 1. The Morgan fingerprint density at radius 2 is 1.81 bits per heavy atom. The molecule has 3 aromatic rings. The molecule has 11 nitrogen and oxygen atoms in total. The molecule has 5 rings (SSSR count). The smallest absolute Gasteiger partial charge is 0.303 e. The number of piperidine rings is 1. The van der Waals surface area contributed by atoms with E-state index in [1.807, 2.05) is 38.1 Å². The number of anilines is 4. The van der Waals surface area contributed by atoms with Crippen molar-refractivity contribution in [1.82, 2.24) is 20.2 Å². The van der Waals surface area contributed by atoms with Gasteiger partial charge in [0.05, 0.1) is 24.8 Å². The van der Waals surface area contributed by atoms with Crippen molar-refractivity contribution >= 4 is 40.0 Å². The van der Waals surface area contributed by atoms with Gasteiger partial charge in [0.1, 0.15) is 16.7 Å². The van der Waals surface area contributed by atoms with Crippen molar-refractivity contribution in [2.24, 2.45) is 5.41 Å². The van der Waals surface area contributed by atoms with Crippen molar-refractivity contribution < 1.29 is 14.6 Å². The summed E-state index contributed by atoms with van der Waals surface area (Å²) in [4.78, 5) is 37.6. The maximum Gasteiger partial charge on any atom is 0.303 e. The minimum atomic E-state index is -0.737. The number of fused-ring (bicyclic) bond motifs is 1. The van der Waals surface area contributed by atoms with Gasteiger partial charge in [0.15, 0.2) is 0 Å². The molecule has 2 aliphatic heterocycles. The van der Waals surface area contributed by atoms with Crippen molar-refractivity contribution in [3.63, 3.8) is 0 Å². The molecule has 1 aromatic carbocycles. The number of aromatic amines is 1. The van der Waals surface area contributed by atoms with Crippen LogP contribution in [-0.2, 0) is 9.53 Å². The van der Waals surface area contributed by atoms with Crippen LogP contribution >= 0.6 is 0 Å². The topological polar surface area (TPSA) is 137 Å². The van der Waals surface area contributed by atoms with Crippen LogP contribution in [0.3, 0.4) is 0 Å². The van der Waals surface area contributed by atoms with Gasteiger partial charge in [0.25, 0.3) is 5.56 Å². The molecule has 2 aliphatic rings. The number of nitrogens with one attached hydrogen (secondary N) is 2. The summed E-state index contributed by atoms with van der Waals surface area (Å²) in [5.41, 5.74) is 1.83. The van der Waals surface area contributed by atoms with Crippen molar-refractivity contribution in [3.05, 3.63) is 40.8 Å². The van der Waals surface area contributed by atoms with Crippen LogP contribution in [0.5, 0.6) is 0 Å². The summed E-state index contributed by atoms with van der Waals surface area (Å²) in [5, 5.41) is 19.3. The fraction of sp³-hybridized carbons (Fsp3) is 0.500. The van der Waals surface area contributed by atoms with Crippen LogP contribution in [0, 0.1) is 5.41 Å². The minimum absolute atomic E-state index is 0.0427. The van der Waals surface area contributed by atoms with Crippen molar-refractivity contribution in [1.29, 1.82) is 0 Å². The van der Waals surface area contributed by atoms with E-state index >= 15 is 0 Å². The number of hydrogen-bond acceptors (Lipinski definition) is 9. The first-order valence-corrected chi connectivity index (χ1v) is 12.7. The van der Waals surface area contributed by atoms with Gasteiger partial charge in [-0.25, -0.2) is 10.1 Å². The Kier molecular flexibility index (Phi) is 6.72. The molecule has 2 atom stereocenters. The molecule has 2 saturated heterocycles. The van der Waals surface area contributed by atoms with Gasteiger partial charge in [-0.3, -0.25) is 9.59 Å². The van der Waals surface area contributed by atoms with Crippen molar-refractivity contribution in [3.8, 4) is 0 Å². The van der Waals surface area contributed by atoms with E-state index in [9.17, 15) is 14.7 Å². The Labute approximate surface area is 214 Å². The van der Waals surface area contributed by atoms with E-state index in [0.29, 0.717) is 35.8 Å². The maximum absolute atomic E-state index is 12.6. The zero-order valence-electron chi connectivity index (χ0n) is 21.4. The first-order valence-electron chi connectivity index (χ1n) is 12.7. The van der Waals surface area contributed by atoms with Gasteiger partial charge in [-0.05, 0) is 56.4 Å². The van der Waals surface area contributed by atoms with Gasteiger partial charge in [-0.2, -0.15) is 10.1 Å². The van der Waals surface area contributed by atoms with E-state index in [1.165, 1.54) is 6.20 Å². The van der Waals surface area contributed by atoms with Gasteiger partial charge in [-0.15, -0.1) is 0 Å². The van der Waals surface area contributed by atoms with E-state index in [0.717, 1.165) is 37.3 Å². The molecule has 0 spiro atoms. The largest absolute Gasteiger partial charge is 0.481 e. The number of carboxylic acids is 1. The highest BCUT2D eigenvalue weighted by atomic mass is 16.5. The Morgan fingerprint density at radius 3 is 2.46 bits per heavy atom. The molecule has 11 heteroatoms. The lowest BCUT2D eigenvalue weighted by molar-refractivity contribution is -0.139. The van der Waals surface area contributed by atoms with Crippen LogP contribution in [0.15, 0.2) is 35.3 Å². The van der Waals surface area contributed by atoms with Crippen LogP contribution in [0.2, 0.25) is 0 Å². The summed E-state index contributed by atoms with van der Waals surface area (Å²) < 4.78 is 5.85. The first-order chi connectivity index (χ1) is 17.7. The van der Waals surface area contributed by atoms with Crippen LogP contribution in [-0.4, -0.2) is 69.6 Å². The number of aromatic nitrogens is 4. The number of carbonyl (C=O) groups is 1. The molecule has 4 heterocycles. The lowest BCUT2D eigenvalue weighted by Crippen LogP contribution is -2.46. The zero-order valence-corrected chi connectivity index (χ0v) is 21.4. The molecular weight excluding hydrogens is 474 g/mol. The van der Waals surface area contributed by atoms with E-state index in [-0.39, 0.29) is 29.6 Å². The summed E-state index contributed by atoms with van der Waals surface area (Å²) in [5.74, 6) is 0.211. The Bertz CT molecular complexity index is 1320. The number of aliphatic carboxylic acids is 1. The summed E-state index contributed by atoms with van der Waals surface area (Å²) in [6.07, 6.45) is 3.50. The van der Waals surface area contributed by atoms with Gasteiger partial charge < -0.3 is 25.0 Å². The summed E-state index contributed by atoms with van der Waals surface area (Å²) in [6, 6.07) is 7.98. The van der Waals surface area contributed by atoms with E-state index < -0.39 is 5.97 Å². The van der Waals surface area contributed by atoms with Crippen LogP contribution in [0.1, 0.15) is 40.0 Å². The van der Waals surface area contributed by atoms with Crippen molar-refractivity contribution in [2.75, 3.05) is 41.3 Å². The molecule has 0 bridgehead atoms. The Balaban J connectivity index is 1.37. The molecule has 2 fully saturated rings. The summed E-state index contributed by atoms with van der Waals surface area (Å²) >= 11 is 0. The van der Waals surface area contributed by atoms with Crippen molar-refractivity contribution in [2.45, 2.75) is 52.2 Å². The average molecular weight is 508 g/mol. The highest BCUT2D eigenvalue weighted by Gasteiger charge is 2.32. The maximum atomic E-state index is 12.6. The molecule has 2 unspecified atom stereocenters. The number of morpholine rings is 1. The molecule has 196 valence electrons. The van der Waals surface area contributed by atoms with Crippen LogP contribution in [0.4, 0.5) is 23.1 Å². The van der Waals surface area contributed by atoms with Gasteiger partial charge in [0.2, 0.25) is 5.95 Å². The number of carboxylic acid groups (broad SMARTS) is 1. The number of nitrogens with zero attached hydrogens (tertiary/aromatic N) is 5. The first kappa shape index (κ1) is 24.9. The fourth-order valence-corrected chi connectivity index (χ4v) is 5.30. The summed E-state index contributed by atoms with van der Waals surface area (Å²) in [7, 11) is 0. The fourth-order valence-electron chi connectivity index (χ4n) is 5.30. The molecule has 0 aliphatic carbocycles.